The zero-order valence-corrected chi connectivity index (χ0v) is 12.9. The van der Waals surface area contributed by atoms with Crippen molar-refractivity contribution in [3.05, 3.63) is 64.2 Å². The Bertz CT molecular complexity index is 583. The van der Waals surface area contributed by atoms with Gasteiger partial charge < -0.3 is 10.1 Å². The van der Waals surface area contributed by atoms with Gasteiger partial charge in [-0.25, -0.2) is 0 Å². The van der Waals surface area contributed by atoms with Crippen LogP contribution < -0.4 is 10.1 Å². The molecule has 0 aromatic heterocycles. The normalized spacial score (nSPS) is 12.2. The smallest absolute Gasteiger partial charge is 0.122 e. The Morgan fingerprint density at radius 3 is 2.55 bits per heavy atom. The molecule has 0 amide bonds. The molecule has 0 bridgehead atoms. The van der Waals surface area contributed by atoms with E-state index in [0.717, 1.165) is 28.4 Å². The predicted octanol–water partition coefficient (Wildman–Crippen LogP) is 4.36. The van der Waals surface area contributed by atoms with Crippen LogP contribution >= 0.6 is 11.6 Å². The fourth-order valence-corrected chi connectivity index (χ4v) is 2.53. The van der Waals surface area contributed by atoms with Crippen LogP contribution in [0.3, 0.4) is 0 Å². The number of halogens is 1. The summed E-state index contributed by atoms with van der Waals surface area (Å²) in [5.74, 6) is 0.910. The highest BCUT2D eigenvalue weighted by Gasteiger charge is 2.14. The van der Waals surface area contributed by atoms with Gasteiger partial charge in [-0.3, -0.25) is 0 Å². The van der Waals surface area contributed by atoms with E-state index < -0.39 is 0 Å². The van der Waals surface area contributed by atoms with Crippen molar-refractivity contribution in [3.63, 3.8) is 0 Å². The molecule has 0 heterocycles. The quantitative estimate of drug-likeness (QED) is 0.883. The topological polar surface area (TPSA) is 21.3 Å². The SMILES string of the molecule is CCNC(c1cccc(Cl)c1)c1ccc(C)c(OC)c1. The van der Waals surface area contributed by atoms with Gasteiger partial charge in [0.25, 0.3) is 0 Å². The molecular formula is C17H20ClNO. The van der Waals surface area contributed by atoms with Gasteiger partial charge in [-0.1, -0.05) is 42.8 Å². The maximum absolute atomic E-state index is 6.11. The summed E-state index contributed by atoms with van der Waals surface area (Å²) in [5, 5.41) is 4.25. The number of ether oxygens (including phenoxy) is 1. The van der Waals surface area contributed by atoms with E-state index in [9.17, 15) is 0 Å². The first-order valence-corrected chi connectivity index (χ1v) is 7.17. The summed E-state index contributed by atoms with van der Waals surface area (Å²) in [7, 11) is 1.70. The van der Waals surface area contributed by atoms with Crippen molar-refractivity contribution < 1.29 is 4.74 Å². The standard InChI is InChI=1S/C17H20ClNO/c1-4-19-17(13-6-5-7-15(18)10-13)14-9-8-12(2)16(11-14)20-3/h5-11,17,19H,4H2,1-3H3. The van der Waals surface area contributed by atoms with Gasteiger partial charge in [0.1, 0.15) is 5.75 Å². The third-order valence-corrected chi connectivity index (χ3v) is 3.59. The number of hydrogen-bond donors (Lipinski definition) is 1. The minimum atomic E-state index is 0.119. The number of rotatable bonds is 5. The Morgan fingerprint density at radius 1 is 1.15 bits per heavy atom. The molecule has 20 heavy (non-hydrogen) atoms. The second kappa shape index (κ2) is 6.78. The largest absolute Gasteiger partial charge is 0.496 e. The third kappa shape index (κ3) is 3.33. The summed E-state index contributed by atoms with van der Waals surface area (Å²) in [6.45, 7) is 5.03. The molecule has 0 fully saturated rings. The fraction of sp³-hybridized carbons (Fsp3) is 0.294. The molecule has 1 unspecified atom stereocenters. The second-order valence-corrected chi connectivity index (χ2v) is 5.21. The first kappa shape index (κ1) is 14.9. The molecule has 2 aromatic rings. The van der Waals surface area contributed by atoms with Crippen LogP contribution in [-0.2, 0) is 0 Å². The van der Waals surface area contributed by atoms with Crippen molar-refractivity contribution in [1.29, 1.82) is 0 Å². The van der Waals surface area contributed by atoms with Crippen molar-refractivity contribution in [2.45, 2.75) is 19.9 Å². The molecule has 0 radical (unpaired) electrons. The maximum Gasteiger partial charge on any atom is 0.122 e. The molecule has 106 valence electrons. The van der Waals surface area contributed by atoms with E-state index in [1.54, 1.807) is 7.11 Å². The molecule has 0 aliphatic rings. The molecule has 2 aromatic carbocycles. The molecule has 1 atom stereocenters. The van der Waals surface area contributed by atoms with Gasteiger partial charge in [-0.05, 0) is 48.4 Å². The lowest BCUT2D eigenvalue weighted by atomic mass is 9.97. The van der Waals surface area contributed by atoms with Crippen molar-refractivity contribution >= 4 is 11.6 Å². The van der Waals surface area contributed by atoms with Gasteiger partial charge >= 0.3 is 0 Å². The Balaban J connectivity index is 2.42. The van der Waals surface area contributed by atoms with Gasteiger partial charge in [0.2, 0.25) is 0 Å². The van der Waals surface area contributed by atoms with Crippen LogP contribution in [0, 0.1) is 6.92 Å². The lowest BCUT2D eigenvalue weighted by Crippen LogP contribution is -2.22. The minimum absolute atomic E-state index is 0.119. The molecule has 0 spiro atoms. The van der Waals surface area contributed by atoms with E-state index in [-0.39, 0.29) is 6.04 Å². The number of aryl methyl sites for hydroxylation is 1. The highest BCUT2D eigenvalue weighted by molar-refractivity contribution is 6.30. The Hall–Kier alpha value is -1.51. The van der Waals surface area contributed by atoms with Crippen molar-refractivity contribution in [1.82, 2.24) is 5.32 Å². The molecule has 2 nitrogen and oxygen atoms in total. The van der Waals surface area contributed by atoms with Gasteiger partial charge in [0.05, 0.1) is 13.2 Å². The summed E-state index contributed by atoms with van der Waals surface area (Å²) in [6.07, 6.45) is 0. The summed E-state index contributed by atoms with van der Waals surface area (Å²) < 4.78 is 5.42. The van der Waals surface area contributed by atoms with E-state index in [1.807, 2.05) is 25.1 Å². The zero-order chi connectivity index (χ0) is 14.5. The van der Waals surface area contributed by atoms with E-state index in [2.05, 4.69) is 36.5 Å². The van der Waals surface area contributed by atoms with E-state index in [4.69, 9.17) is 16.3 Å². The minimum Gasteiger partial charge on any atom is -0.496 e. The van der Waals surface area contributed by atoms with Crippen LogP contribution in [0.5, 0.6) is 5.75 Å². The van der Waals surface area contributed by atoms with Gasteiger partial charge in [0, 0.05) is 5.02 Å². The number of hydrogen-bond acceptors (Lipinski definition) is 2. The predicted molar refractivity (Wildman–Crippen MR) is 84.7 cm³/mol. The van der Waals surface area contributed by atoms with Crippen molar-refractivity contribution in [3.8, 4) is 5.75 Å². The number of nitrogens with one attached hydrogen (secondary N) is 1. The molecule has 0 saturated heterocycles. The Kier molecular flexibility index (Phi) is 5.05. The van der Waals surface area contributed by atoms with Crippen molar-refractivity contribution in [2.75, 3.05) is 13.7 Å². The van der Waals surface area contributed by atoms with Crippen molar-refractivity contribution in [2.24, 2.45) is 0 Å². The lowest BCUT2D eigenvalue weighted by molar-refractivity contribution is 0.410. The molecular weight excluding hydrogens is 270 g/mol. The van der Waals surface area contributed by atoms with Crippen LogP contribution in [0.4, 0.5) is 0 Å². The molecule has 3 heteroatoms. The molecule has 0 aliphatic carbocycles. The monoisotopic (exact) mass is 289 g/mol. The molecule has 2 rings (SSSR count). The summed E-state index contributed by atoms with van der Waals surface area (Å²) in [6, 6.07) is 14.4. The Morgan fingerprint density at radius 2 is 1.90 bits per heavy atom. The molecule has 0 saturated carbocycles. The van der Waals surface area contributed by atoms with Gasteiger partial charge in [-0.2, -0.15) is 0 Å². The third-order valence-electron chi connectivity index (χ3n) is 3.36. The zero-order valence-electron chi connectivity index (χ0n) is 12.1. The van der Waals surface area contributed by atoms with Gasteiger partial charge in [-0.15, -0.1) is 0 Å². The van der Waals surface area contributed by atoms with E-state index in [0.29, 0.717) is 0 Å². The maximum atomic E-state index is 6.11. The summed E-state index contributed by atoms with van der Waals surface area (Å²) in [4.78, 5) is 0. The molecule has 0 aliphatic heterocycles. The van der Waals surface area contributed by atoms with Crippen LogP contribution in [0.1, 0.15) is 29.7 Å². The number of benzene rings is 2. The second-order valence-electron chi connectivity index (χ2n) is 4.77. The number of methoxy groups -OCH3 is 1. The summed E-state index contributed by atoms with van der Waals surface area (Å²) in [5.41, 5.74) is 3.47. The van der Waals surface area contributed by atoms with E-state index in [1.165, 1.54) is 5.56 Å². The van der Waals surface area contributed by atoms with Crippen LogP contribution in [0.25, 0.3) is 0 Å². The van der Waals surface area contributed by atoms with E-state index >= 15 is 0 Å². The average Bonchev–Trinajstić information content (AvgIpc) is 2.45. The first-order valence-electron chi connectivity index (χ1n) is 6.79. The molecule has 1 N–H and O–H groups in total. The van der Waals surface area contributed by atoms with Gasteiger partial charge in [0.15, 0.2) is 0 Å². The highest BCUT2D eigenvalue weighted by Crippen LogP contribution is 2.28. The summed E-state index contributed by atoms with van der Waals surface area (Å²) >= 11 is 6.11. The average molecular weight is 290 g/mol. The van der Waals surface area contributed by atoms with Crippen LogP contribution in [-0.4, -0.2) is 13.7 Å². The fourth-order valence-electron chi connectivity index (χ4n) is 2.33. The first-order chi connectivity index (χ1) is 9.65. The van der Waals surface area contributed by atoms with Crippen LogP contribution in [0.15, 0.2) is 42.5 Å². The highest BCUT2D eigenvalue weighted by atomic mass is 35.5. The lowest BCUT2D eigenvalue weighted by Gasteiger charge is -2.20. The van der Waals surface area contributed by atoms with Crippen LogP contribution in [0.2, 0.25) is 5.02 Å². The Labute approximate surface area is 125 Å².